The Kier molecular flexibility index (Phi) is 5.27. The van der Waals surface area contributed by atoms with Crippen molar-refractivity contribution >= 4 is 40.5 Å². The quantitative estimate of drug-likeness (QED) is 0.857. The molecule has 0 atom stereocenters. The molecular weight excluding hydrogens is 295 g/mol. The first kappa shape index (κ1) is 14.7. The third kappa shape index (κ3) is 4.76. The molecule has 0 spiro atoms. The normalized spacial score (nSPS) is 10.1. The summed E-state index contributed by atoms with van der Waals surface area (Å²) in [5, 5.41) is 7.20. The van der Waals surface area contributed by atoms with Gasteiger partial charge in [-0.05, 0) is 36.4 Å². The molecule has 20 heavy (non-hydrogen) atoms. The van der Waals surface area contributed by atoms with Crippen LogP contribution in [0.1, 0.15) is 6.42 Å². The molecule has 0 saturated carbocycles. The molecule has 2 N–H and O–H groups in total. The zero-order valence-corrected chi connectivity index (χ0v) is 12.2. The average Bonchev–Trinajstić information content (AvgIpc) is 2.38. The molecule has 5 heteroatoms. The molecule has 0 heterocycles. The molecule has 0 aliphatic carbocycles. The fraction of sp³-hybridized carbons (Fsp3) is 0.133. The second-order valence-electron chi connectivity index (χ2n) is 4.25. The number of amides is 1. The number of benzene rings is 2. The number of carbonyl (C=O) groups is 1. The Hall–Kier alpha value is -1.71. The second-order valence-corrected chi connectivity index (χ2v) is 5.12. The van der Waals surface area contributed by atoms with Crippen LogP contribution in [0.15, 0.2) is 48.5 Å². The minimum Gasteiger partial charge on any atom is -0.384 e. The number of rotatable bonds is 5. The maximum atomic E-state index is 11.8. The zero-order valence-electron chi connectivity index (χ0n) is 10.7. The lowest BCUT2D eigenvalue weighted by molar-refractivity contribution is -0.115. The number of halogens is 2. The summed E-state index contributed by atoms with van der Waals surface area (Å²) in [6.07, 6.45) is 0.360. The average molecular weight is 309 g/mol. The van der Waals surface area contributed by atoms with Gasteiger partial charge in [-0.1, -0.05) is 35.3 Å². The lowest BCUT2D eigenvalue weighted by Gasteiger charge is -2.08. The molecule has 104 valence electrons. The van der Waals surface area contributed by atoms with E-state index in [9.17, 15) is 4.79 Å². The molecule has 3 nitrogen and oxygen atoms in total. The van der Waals surface area contributed by atoms with Gasteiger partial charge in [0.05, 0.1) is 0 Å². The Morgan fingerprint density at radius 2 is 1.55 bits per heavy atom. The van der Waals surface area contributed by atoms with Crippen molar-refractivity contribution in [1.82, 2.24) is 0 Å². The van der Waals surface area contributed by atoms with Crippen LogP contribution in [-0.2, 0) is 4.79 Å². The number of hydrogen-bond acceptors (Lipinski definition) is 2. The van der Waals surface area contributed by atoms with Crippen LogP contribution in [0.2, 0.25) is 10.0 Å². The number of nitrogens with one attached hydrogen (secondary N) is 2. The molecule has 0 bridgehead atoms. The Bertz CT molecular complexity index is 602. The van der Waals surface area contributed by atoms with E-state index in [2.05, 4.69) is 10.6 Å². The van der Waals surface area contributed by atoms with Gasteiger partial charge in [-0.15, -0.1) is 0 Å². The van der Waals surface area contributed by atoms with Crippen molar-refractivity contribution in [2.45, 2.75) is 6.42 Å². The van der Waals surface area contributed by atoms with Crippen LogP contribution in [-0.4, -0.2) is 12.5 Å². The molecule has 2 rings (SSSR count). The molecule has 0 saturated heterocycles. The molecule has 2 aromatic carbocycles. The highest BCUT2D eigenvalue weighted by atomic mass is 35.5. The molecule has 0 aromatic heterocycles. The van der Waals surface area contributed by atoms with Gasteiger partial charge >= 0.3 is 0 Å². The Morgan fingerprint density at radius 1 is 0.950 bits per heavy atom. The van der Waals surface area contributed by atoms with Gasteiger partial charge < -0.3 is 10.6 Å². The van der Waals surface area contributed by atoms with Gasteiger partial charge in [0.15, 0.2) is 0 Å². The summed E-state index contributed by atoms with van der Waals surface area (Å²) in [5.41, 5.74) is 1.60. The van der Waals surface area contributed by atoms with Crippen LogP contribution in [0.25, 0.3) is 0 Å². The van der Waals surface area contributed by atoms with Crippen molar-refractivity contribution in [3.05, 3.63) is 58.6 Å². The molecular formula is C15H14Cl2N2O. The van der Waals surface area contributed by atoms with Gasteiger partial charge in [0.1, 0.15) is 0 Å². The summed E-state index contributed by atoms with van der Waals surface area (Å²) in [6.45, 7) is 0.534. The first-order valence-corrected chi connectivity index (χ1v) is 6.94. The van der Waals surface area contributed by atoms with E-state index in [-0.39, 0.29) is 5.91 Å². The van der Waals surface area contributed by atoms with Gasteiger partial charge in [-0.2, -0.15) is 0 Å². The molecule has 0 aliphatic heterocycles. The fourth-order valence-electron chi connectivity index (χ4n) is 1.71. The SMILES string of the molecule is O=C(CCNc1cccc(Cl)c1)Nc1cccc(Cl)c1. The van der Waals surface area contributed by atoms with Crippen LogP contribution < -0.4 is 10.6 Å². The van der Waals surface area contributed by atoms with E-state index in [0.717, 1.165) is 5.69 Å². The Morgan fingerprint density at radius 3 is 2.20 bits per heavy atom. The summed E-state index contributed by atoms with van der Waals surface area (Å²) < 4.78 is 0. The molecule has 0 unspecified atom stereocenters. The minimum atomic E-state index is -0.0678. The predicted octanol–water partition coefficient (Wildman–Crippen LogP) is 4.43. The highest BCUT2D eigenvalue weighted by Gasteiger charge is 2.02. The zero-order chi connectivity index (χ0) is 14.4. The van der Waals surface area contributed by atoms with E-state index in [1.165, 1.54) is 0 Å². The van der Waals surface area contributed by atoms with E-state index < -0.39 is 0 Å². The van der Waals surface area contributed by atoms with Crippen LogP contribution in [0.4, 0.5) is 11.4 Å². The molecule has 2 aromatic rings. The smallest absolute Gasteiger partial charge is 0.226 e. The van der Waals surface area contributed by atoms with E-state index in [0.29, 0.717) is 28.7 Å². The predicted molar refractivity (Wildman–Crippen MR) is 84.6 cm³/mol. The first-order chi connectivity index (χ1) is 9.63. The molecule has 0 fully saturated rings. The maximum absolute atomic E-state index is 11.8. The van der Waals surface area contributed by atoms with Gasteiger partial charge in [0, 0.05) is 34.4 Å². The number of anilines is 2. The fourth-order valence-corrected chi connectivity index (χ4v) is 2.09. The monoisotopic (exact) mass is 308 g/mol. The number of hydrogen-bond donors (Lipinski definition) is 2. The van der Waals surface area contributed by atoms with Gasteiger partial charge in [0.25, 0.3) is 0 Å². The summed E-state index contributed by atoms with van der Waals surface area (Å²) in [4.78, 5) is 11.8. The molecule has 0 radical (unpaired) electrons. The van der Waals surface area contributed by atoms with Crippen molar-refractivity contribution in [3.63, 3.8) is 0 Å². The lowest BCUT2D eigenvalue weighted by Crippen LogP contribution is -2.16. The number of carbonyl (C=O) groups excluding carboxylic acids is 1. The van der Waals surface area contributed by atoms with Crippen molar-refractivity contribution in [3.8, 4) is 0 Å². The summed E-state index contributed by atoms with van der Waals surface area (Å²) in [6, 6.07) is 14.4. The topological polar surface area (TPSA) is 41.1 Å². The Labute approximate surface area is 127 Å². The van der Waals surface area contributed by atoms with E-state index in [1.807, 2.05) is 18.2 Å². The van der Waals surface area contributed by atoms with Gasteiger partial charge in [-0.25, -0.2) is 0 Å². The third-order valence-corrected chi connectivity index (χ3v) is 3.08. The molecule has 0 aliphatic rings. The van der Waals surface area contributed by atoms with E-state index >= 15 is 0 Å². The van der Waals surface area contributed by atoms with E-state index in [4.69, 9.17) is 23.2 Å². The van der Waals surface area contributed by atoms with Crippen molar-refractivity contribution in [2.75, 3.05) is 17.2 Å². The second kappa shape index (κ2) is 7.17. The lowest BCUT2D eigenvalue weighted by atomic mass is 10.3. The van der Waals surface area contributed by atoms with E-state index in [1.54, 1.807) is 30.3 Å². The Balaban J connectivity index is 1.78. The van der Waals surface area contributed by atoms with Crippen LogP contribution in [0.3, 0.4) is 0 Å². The van der Waals surface area contributed by atoms with Crippen LogP contribution in [0.5, 0.6) is 0 Å². The van der Waals surface area contributed by atoms with Crippen LogP contribution in [0, 0.1) is 0 Å². The maximum Gasteiger partial charge on any atom is 0.226 e. The third-order valence-electron chi connectivity index (χ3n) is 2.61. The van der Waals surface area contributed by atoms with Crippen molar-refractivity contribution < 1.29 is 4.79 Å². The highest BCUT2D eigenvalue weighted by molar-refractivity contribution is 6.31. The summed E-state index contributed by atoms with van der Waals surface area (Å²) in [5.74, 6) is -0.0678. The van der Waals surface area contributed by atoms with Gasteiger partial charge in [-0.3, -0.25) is 4.79 Å². The summed E-state index contributed by atoms with van der Waals surface area (Å²) >= 11 is 11.7. The first-order valence-electron chi connectivity index (χ1n) is 6.18. The van der Waals surface area contributed by atoms with Crippen LogP contribution >= 0.6 is 23.2 Å². The minimum absolute atomic E-state index is 0.0678. The van der Waals surface area contributed by atoms with Gasteiger partial charge in [0.2, 0.25) is 5.91 Å². The highest BCUT2D eigenvalue weighted by Crippen LogP contribution is 2.16. The van der Waals surface area contributed by atoms with Crippen molar-refractivity contribution in [1.29, 1.82) is 0 Å². The molecule has 1 amide bonds. The largest absolute Gasteiger partial charge is 0.384 e. The summed E-state index contributed by atoms with van der Waals surface area (Å²) in [7, 11) is 0. The van der Waals surface area contributed by atoms with Crippen molar-refractivity contribution in [2.24, 2.45) is 0 Å². The standard InChI is InChI=1S/C15H14Cl2N2O/c16-11-3-1-5-13(9-11)18-8-7-15(20)19-14-6-2-4-12(17)10-14/h1-6,9-10,18H,7-8H2,(H,19,20).